The van der Waals surface area contributed by atoms with E-state index in [9.17, 15) is 14.7 Å². The molecular formula is C24H22N2O4. The second-order valence-corrected chi connectivity index (χ2v) is 7.24. The second-order valence-electron chi connectivity index (χ2n) is 7.24. The predicted octanol–water partition coefficient (Wildman–Crippen LogP) is 3.16. The number of rotatable bonds is 4. The van der Waals surface area contributed by atoms with Gasteiger partial charge in [-0.1, -0.05) is 42.2 Å². The van der Waals surface area contributed by atoms with Gasteiger partial charge in [-0.25, -0.2) is 0 Å². The average Bonchev–Trinajstić information content (AvgIpc) is 3.03. The van der Waals surface area contributed by atoms with E-state index in [2.05, 4.69) is 16.9 Å². The minimum absolute atomic E-state index is 0.105. The van der Waals surface area contributed by atoms with E-state index >= 15 is 0 Å². The van der Waals surface area contributed by atoms with Crippen LogP contribution in [-0.4, -0.2) is 35.4 Å². The van der Waals surface area contributed by atoms with Crippen LogP contribution in [0.3, 0.4) is 0 Å². The first kappa shape index (κ1) is 21.0. The maximum Gasteiger partial charge on any atom is 0.311 e. The molecule has 1 aliphatic rings. The van der Waals surface area contributed by atoms with Crippen LogP contribution in [0.25, 0.3) is 6.08 Å². The highest BCUT2D eigenvalue weighted by atomic mass is 16.5. The first-order valence-corrected chi connectivity index (χ1v) is 9.38. The van der Waals surface area contributed by atoms with Gasteiger partial charge >= 0.3 is 5.97 Å². The van der Waals surface area contributed by atoms with Gasteiger partial charge in [0.15, 0.2) is 0 Å². The number of ether oxygens (including phenoxy) is 1. The molecule has 152 valence electrons. The predicted molar refractivity (Wildman–Crippen MR) is 116 cm³/mol. The van der Waals surface area contributed by atoms with Crippen LogP contribution >= 0.6 is 0 Å². The molecule has 0 aliphatic carbocycles. The van der Waals surface area contributed by atoms with E-state index in [4.69, 9.17) is 4.74 Å². The number of hydrogen-bond donors (Lipinski definition) is 1. The first-order chi connectivity index (χ1) is 14.3. The third-order valence-corrected chi connectivity index (χ3v) is 4.23. The molecule has 0 unspecified atom stereocenters. The lowest BCUT2D eigenvalue weighted by Gasteiger charge is -2.11. The number of para-hydroxylation sites is 1. The van der Waals surface area contributed by atoms with Gasteiger partial charge in [0.2, 0.25) is 0 Å². The minimum Gasteiger partial charge on any atom is -0.469 e. The van der Waals surface area contributed by atoms with Gasteiger partial charge < -0.3 is 9.84 Å². The van der Waals surface area contributed by atoms with E-state index in [1.165, 1.54) is 12.1 Å². The van der Waals surface area contributed by atoms with E-state index in [1.807, 2.05) is 30.3 Å². The molecule has 0 bridgehead atoms. The molecule has 2 aromatic rings. The number of esters is 1. The van der Waals surface area contributed by atoms with Crippen molar-refractivity contribution in [1.29, 1.82) is 0 Å². The van der Waals surface area contributed by atoms with Crippen molar-refractivity contribution in [3.63, 3.8) is 0 Å². The normalized spacial score (nSPS) is 14.9. The SMILES string of the molecule is COC(=O)CC1=NN(c2ccccc2)C(=O)C1=Cc1ccc(C#CC(C)(C)O)cc1. The van der Waals surface area contributed by atoms with Crippen LogP contribution < -0.4 is 5.01 Å². The third-order valence-electron chi connectivity index (χ3n) is 4.23. The highest BCUT2D eigenvalue weighted by Crippen LogP contribution is 2.26. The Hall–Kier alpha value is -3.69. The monoisotopic (exact) mass is 402 g/mol. The molecule has 3 rings (SSSR count). The van der Waals surface area contributed by atoms with E-state index in [0.717, 1.165) is 11.1 Å². The van der Waals surface area contributed by atoms with Crippen LogP contribution in [0.15, 0.2) is 65.3 Å². The Labute approximate surface area is 175 Å². The average molecular weight is 402 g/mol. The van der Waals surface area contributed by atoms with E-state index < -0.39 is 11.6 Å². The highest BCUT2D eigenvalue weighted by molar-refractivity contribution is 6.34. The van der Waals surface area contributed by atoms with Crippen molar-refractivity contribution in [2.24, 2.45) is 5.10 Å². The summed E-state index contributed by atoms with van der Waals surface area (Å²) in [7, 11) is 1.30. The fourth-order valence-corrected chi connectivity index (χ4v) is 2.74. The van der Waals surface area contributed by atoms with E-state index in [-0.39, 0.29) is 12.3 Å². The molecule has 2 aromatic carbocycles. The summed E-state index contributed by atoms with van der Waals surface area (Å²) >= 11 is 0. The molecule has 0 spiro atoms. The summed E-state index contributed by atoms with van der Waals surface area (Å²) in [4.78, 5) is 24.8. The Balaban J connectivity index is 1.92. The molecule has 1 amide bonds. The van der Waals surface area contributed by atoms with Gasteiger partial charge in [-0.3, -0.25) is 9.59 Å². The molecule has 0 saturated heterocycles. The van der Waals surface area contributed by atoms with Gasteiger partial charge in [0, 0.05) is 5.56 Å². The largest absolute Gasteiger partial charge is 0.469 e. The standard InChI is InChI=1S/C24H22N2O4/c1-24(2,29)14-13-17-9-11-18(12-10-17)15-20-21(16-22(27)30-3)25-26(23(20)28)19-7-5-4-6-8-19/h4-12,15,29H,16H2,1-3H3. The number of anilines is 1. The smallest absolute Gasteiger partial charge is 0.311 e. The van der Waals surface area contributed by atoms with Crippen molar-refractivity contribution in [2.45, 2.75) is 25.9 Å². The van der Waals surface area contributed by atoms with E-state index in [0.29, 0.717) is 17.0 Å². The Bertz CT molecular complexity index is 1070. The molecule has 6 nitrogen and oxygen atoms in total. The summed E-state index contributed by atoms with van der Waals surface area (Å²) in [6, 6.07) is 16.3. The number of nitrogens with zero attached hydrogens (tertiary/aromatic N) is 2. The zero-order chi connectivity index (χ0) is 21.7. The van der Waals surface area contributed by atoms with Crippen LogP contribution in [0.1, 0.15) is 31.4 Å². The number of hydrazone groups is 1. The summed E-state index contributed by atoms with van der Waals surface area (Å²) in [6.45, 7) is 3.23. The number of carbonyl (C=O) groups is 2. The maximum absolute atomic E-state index is 13.0. The summed E-state index contributed by atoms with van der Waals surface area (Å²) in [5, 5.41) is 15.4. The maximum atomic E-state index is 13.0. The number of benzene rings is 2. The summed E-state index contributed by atoms with van der Waals surface area (Å²) in [5.74, 6) is 4.87. The zero-order valence-electron chi connectivity index (χ0n) is 17.0. The summed E-state index contributed by atoms with van der Waals surface area (Å²) in [5.41, 5.74) is 1.73. The number of methoxy groups -OCH3 is 1. The topological polar surface area (TPSA) is 79.2 Å². The zero-order valence-corrected chi connectivity index (χ0v) is 17.0. The van der Waals surface area contributed by atoms with Crippen molar-refractivity contribution in [3.8, 4) is 11.8 Å². The number of carbonyl (C=O) groups excluding carboxylic acids is 2. The Morgan fingerprint density at radius 2 is 1.83 bits per heavy atom. The lowest BCUT2D eigenvalue weighted by Crippen LogP contribution is -2.21. The van der Waals surface area contributed by atoms with Crippen molar-refractivity contribution < 1.29 is 19.4 Å². The molecule has 0 atom stereocenters. The fourth-order valence-electron chi connectivity index (χ4n) is 2.74. The molecule has 1 heterocycles. The van der Waals surface area contributed by atoms with Gasteiger partial charge in [0.1, 0.15) is 5.60 Å². The molecule has 1 aliphatic heterocycles. The lowest BCUT2D eigenvalue weighted by atomic mass is 10.0. The van der Waals surface area contributed by atoms with Crippen LogP contribution in [0.2, 0.25) is 0 Å². The van der Waals surface area contributed by atoms with Crippen molar-refractivity contribution in [1.82, 2.24) is 0 Å². The minimum atomic E-state index is -1.07. The molecule has 0 radical (unpaired) electrons. The van der Waals surface area contributed by atoms with Gasteiger partial charge in [-0.15, -0.1) is 0 Å². The van der Waals surface area contributed by atoms with Gasteiger partial charge in [0.25, 0.3) is 5.91 Å². The Morgan fingerprint density at radius 1 is 1.17 bits per heavy atom. The molecule has 6 heteroatoms. The van der Waals surface area contributed by atoms with Crippen molar-refractivity contribution in [2.75, 3.05) is 12.1 Å². The fraction of sp³-hybridized carbons (Fsp3) is 0.208. The van der Waals surface area contributed by atoms with Crippen molar-refractivity contribution >= 4 is 29.4 Å². The number of aliphatic hydroxyl groups is 1. The number of hydrogen-bond acceptors (Lipinski definition) is 5. The molecule has 0 saturated carbocycles. The molecule has 0 aromatic heterocycles. The Kier molecular flexibility index (Phi) is 6.14. The molecule has 1 N–H and O–H groups in total. The second kappa shape index (κ2) is 8.76. The third kappa shape index (κ3) is 5.22. The van der Waals surface area contributed by atoms with E-state index in [1.54, 1.807) is 44.2 Å². The van der Waals surface area contributed by atoms with Crippen LogP contribution in [0.5, 0.6) is 0 Å². The summed E-state index contributed by atoms with van der Waals surface area (Å²) < 4.78 is 4.74. The molecule has 0 fully saturated rings. The van der Waals surface area contributed by atoms with Crippen LogP contribution in [0, 0.1) is 11.8 Å². The van der Waals surface area contributed by atoms with Crippen LogP contribution in [0.4, 0.5) is 5.69 Å². The van der Waals surface area contributed by atoms with Gasteiger partial charge in [-0.2, -0.15) is 10.1 Å². The molecule has 30 heavy (non-hydrogen) atoms. The molecular weight excluding hydrogens is 380 g/mol. The number of amides is 1. The van der Waals surface area contributed by atoms with Gasteiger partial charge in [0.05, 0.1) is 30.5 Å². The van der Waals surface area contributed by atoms with Crippen molar-refractivity contribution in [3.05, 3.63) is 71.3 Å². The van der Waals surface area contributed by atoms with Crippen LogP contribution in [-0.2, 0) is 14.3 Å². The van der Waals surface area contributed by atoms with Gasteiger partial charge in [-0.05, 0) is 49.8 Å². The first-order valence-electron chi connectivity index (χ1n) is 9.38. The Morgan fingerprint density at radius 3 is 2.43 bits per heavy atom. The lowest BCUT2D eigenvalue weighted by molar-refractivity contribution is -0.139. The summed E-state index contributed by atoms with van der Waals surface area (Å²) in [6.07, 6.45) is 1.59. The highest BCUT2D eigenvalue weighted by Gasteiger charge is 2.32. The quantitative estimate of drug-likeness (QED) is 0.484.